The SMILES string of the molecule is Cc1cc(NS(=O)(=O)c2cccc(Br)c2)cnc1Cl. The molecule has 0 radical (unpaired) electrons. The van der Waals surface area contributed by atoms with Gasteiger partial charge in [-0.05, 0) is 36.8 Å². The molecule has 19 heavy (non-hydrogen) atoms. The second-order valence-electron chi connectivity index (χ2n) is 3.89. The van der Waals surface area contributed by atoms with Crippen molar-refractivity contribution in [2.75, 3.05) is 4.72 Å². The minimum atomic E-state index is -3.63. The first kappa shape index (κ1) is 14.3. The lowest BCUT2D eigenvalue weighted by Crippen LogP contribution is -2.13. The summed E-state index contributed by atoms with van der Waals surface area (Å²) in [6.07, 6.45) is 1.38. The highest BCUT2D eigenvalue weighted by Crippen LogP contribution is 2.21. The van der Waals surface area contributed by atoms with E-state index in [0.717, 1.165) is 0 Å². The molecule has 0 saturated heterocycles. The predicted molar refractivity (Wildman–Crippen MR) is 78.9 cm³/mol. The molecular formula is C12H10BrClN2O2S. The minimum Gasteiger partial charge on any atom is -0.278 e. The van der Waals surface area contributed by atoms with E-state index in [1.807, 2.05) is 0 Å². The predicted octanol–water partition coefficient (Wildman–Crippen LogP) is 3.61. The van der Waals surface area contributed by atoms with Crippen LogP contribution in [0.2, 0.25) is 5.15 Å². The van der Waals surface area contributed by atoms with Crippen molar-refractivity contribution in [1.29, 1.82) is 0 Å². The first-order valence-corrected chi connectivity index (χ1v) is 7.94. The van der Waals surface area contributed by atoms with Gasteiger partial charge in [0.25, 0.3) is 10.0 Å². The average Bonchev–Trinajstić information content (AvgIpc) is 2.33. The van der Waals surface area contributed by atoms with Crippen molar-refractivity contribution in [3.05, 3.63) is 51.7 Å². The van der Waals surface area contributed by atoms with Crippen molar-refractivity contribution in [2.24, 2.45) is 0 Å². The molecule has 100 valence electrons. The molecule has 1 aromatic carbocycles. The van der Waals surface area contributed by atoms with Gasteiger partial charge in [0.1, 0.15) is 5.15 Å². The van der Waals surface area contributed by atoms with Crippen molar-refractivity contribution in [3.63, 3.8) is 0 Å². The monoisotopic (exact) mass is 360 g/mol. The lowest BCUT2D eigenvalue weighted by molar-refractivity contribution is 0.601. The minimum absolute atomic E-state index is 0.175. The van der Waals surface area contributed by atoms with Crippen LogP contribution in [0.1, 0.15) is 5.56 Å². The van der Waals surface area contributed by atoms with Crippen molar-refractivity contribution in [2.45, 2.75) is 11.8 Å². The lowest BCUT2D eigenvalue weighted by atomic mass is 10.3. The second-order valence-corrected chi connectivity index (χ2v) is 6.85. The van der Waals surface area contributed by atoms with E-state index in [2.05, 4.69) is 25.6 Å². The Morgan fingerprint density at radius 2 is 2.05 bits per heavy atom. The molecule has 0 bridgehead atoms. The molecule has 1 N–H and O–H groups in total. The van der Waals surface area contributed by atoms with E-state index in [9.17, 15) is 8.42 Å². The van der Waals surface area contributed by atoms with E-state index in [4.69, 9.17) is 11.6 Å². The maximum Gasteiger partial charge on any atom is 0.261 e. The Labute approximate surface area is 125 Å². The smallest absolute Gasteiger partial charge is 0.261 e. The summed E-state index contributed by atoms with van der Waals surface area (Å²) >= 11 is 9.03. The van der Waals surface area contributed by atoms with E-state index in [1.54, 1.807) is 25.1 Å². The molecule has 0 saturated carbocycles. The number of rotatable bonds is 3. The Bertz CT molecular complexity index is 719. The lowest BCUT2D eigenvalue weighted by Gasteiger charge is -2.09. The number of halogens is 2. The van der Waals surface area contributed by atoms with Crippen molar-refractivity contribution in [3.8, 4) is 0 Å². The molecule has 7 heteroatoms. The molecule has 0 unspecified atom stereocenters. The Hall–Kier alpha value is -1.11. The Morgan fingerprint density at radius 1 is 1.32 bits per heavy atom. The number of benzene rings is 1. The van der Waals surface area contributed by atoms with Crippen LogP contribution in [-0.4, -0.2) is 13.4 Å². The first-order valence-electron chi connectivity index (χ1n) is 5.29. The number of pyridine rings is 1. The van der Waals surface area contributed by atoms with Gasteiger partial charge in [0.2, 0.25) is 0 Å². The van der Waals surface area contributed by atoms with Crippen LogP contribution >= 0.6 is 27.5 Å². The molecule has 0 aliphatic carbocycles. The number of hydrogen-bond donors (Lipinski definition) is 1. The third kappa shape index (κ3) is 3.46. The largest absolute Gasteiger partial charge is 0.278 e. The van der Waals surface area contributed by atoms with Gasteiger partial charge in [0.15, 0.2) is 0 Å². The van der Waals surface area contributed by atoms with Crippen molar-refractivity contribution < 1.29 is 8.42 Å². The number of anilines is 1. The molecule has 0 amide bonds. The van der Waals surface area contributed by atoms with Crippen molar-refractivity contribution in [1.82, 2.24) is 4.98 Å². The maximum absolute atomic E-state index is 12.2. The fourth-order valence-corrected chi connectivity index (χ4v) is 3.20. The van der Waals surface area contributed by atoms with E-state index < -0.39 is 10.0 Å². The zero-order chi connectivity index (χ0) is 14.0. The highest BCUT2D eigenvalue weighted by molar-refractivity contribution is 9.10. The standard InChI is InChI=1S/C12H10BrClN2O2S/c1-8-5-10(7-15-12(8)14)16-19(17,18)11-4-2-3-9(13)6-11/h2-7,16H,1H3. The van der Waals surface area contributed by atoms with Crippen LogP contribution in [0.3, 0.4) is 0 Å². The van der Waals surface area contributed by atoms with Crippen LogP contribution < -0.4 is 4.72 Å². The Kier molecular flexibility index (Phi) is 4.13. The Balaban J connectivity index is 2.33. The van der Waals surface area contributed by atoms with Crippen LogP contribution in [0.25, 0.3) is 0 Å². The number of nitrogens with one attached hydrogen (secondary N) is 1. The second kappa shape index (κ2) is 5.48. The first-order chi connectivity index (χ1) is 8.88. The molecular weight excluding hydrogens is 352 g/mol. The van der Waals surface area contributed by atoms with Gasteiger partial charge in [0.05, 0.1) is 16.8 Å². The molecule has 4 nitrogen and oxygen atoms in total. The van der Waals surface area contributed by atoms with Crippen LogP contribution in [0.4, 0.5) is 5.69 Å². The number of aryl methyl sites for hydroxylation is 1. The van der Waals surface area contributed by atoms with Gasteiger partial charge >= 0.3 is 0 Å². The molecule has 1 aromatic heterocycles. The molecule has 0 atom stereocenters. The van der Waals surface area contributed by atoms with Gasteiger partial charge in [-0.25, -0.2) is 13.4 Å². The Morgan fingerprint density at radius 3 is 2.68 bits per heavy atom. The third-order valence-corrected chi connectivity index (χ3v) is 4.64. The average molecular weight is 362 g/mol. The topological polar surface area (TPSA) is 59.1 Å². The van der Waals surface area contributed by atoms with Gasteiger partial charge in [-0.15, -0.1) is 0 Å². The highest BCUT2D eigenvalue weighted by Gasteiger charge is 2.14. The summed E-state index contributed by atoms with van der Waals surface area (Å²) in [6, 6.07) is 8.09. The van der Waals surface area contributed by atoms with E-state index in [-0.39, 0.29) is 4.90 Å². The van der Waals surface area contributed by atoms with Crippen LogP contribution in [0.5, 0.6) is 0 Å². The molecule has 2 rings (SSSR count). The summed E-state index contributed by atoms with van der Waals surface area (Å²) < 4.78 is 27.5. The number of nitrogens with zero attached hydrogens (tertiary/aromatic N) is 1. The van der Waals surface area contributed by atoms with E-state index in [1.165, 1.54) is 18.3 Å². The van der Waals surface area contributed by atoms with Crippen LogP contribution in [0.15, 0.2) is 45.9 Å². The summed E-state index contributed by atoms with van der Waals surface area (Å²) in [4.78, 5) is 4.08. The molecule has 0 spiro atoms. The molecule has 2 aromatic rings. The van der Waals surface area contributed by atoms with Gasteiger partial charge < -0.3 is 0 Å². The molecule has 0 fully saturated rings. The normalized spacial score (nSPS) is 11.3. The maximum atomic E-state index is 12.2. The summed E-state index contributed by atoms with van der Waals surface area (Å²) in [7, 11) is -3.63. The summed E-state index contributed by atoms with van der Waals surface area (Å²) in [6.45, 7) is 1.76. The third-order valence-electron chi connectivity index (χ3n) is 2.37. The summed E-state index contributed by atoms with van der Waals surface area (Å²) in [5, 5.41) is 0.352. The summed E-state index contributed by atoms with van der Waals surface area (Å²) in [5.74, 6) is 0. The number of sulfonamides is 1. The highest BCUT2D eigenvalue weighted by atomic mass is 79.9. The van der Waals surface area contributed by atoms with Gasteiger partial charge in [0, 0.05) is 4.47 Å². The molecule has 0 aliphatic rings. The van der Waals surface area contributed by atoms with Gasteiger partial charge in [-0.3, -0.25) is 4.72 Å². The zero-order valence-electron chi connectivity index (χ0n) is 9.89. The zero-order valence-corrected chi connectivity index (χ0v) is 13.1. The fourth-order valence-electron chi connectivity index (χ4n) is 1.46. The fraction of sp³-hybridized carbons (Fsp3) is 0.0833. The van der Waals surface area contributed by atoms with E-state index in [0.29, 0.717) is 20.9 Å². The number of hydrogen-bond acceptors (Lipinski definition) is 3. The van der Waals surface area contributed by atoms with Gasteiger partial charge in [-0.2, -0.15) is 0 Å². The quantitative estimate of drug-likeness (QED) is 0.850. The van der Waals surface area contributed by atoms with Crippen LogP contribution in [0, 0.1) is 6.92 Å². The van der Waals surface area contributed by atoms with Gasteiger partial charge in [-0.1, -0.05) is 33.6 Å². The summed E-state index contributed by atoms with van der Waals surface area (Å²) in [5.41, 5.74) is 1.08. The van der Waals surface area contributed by atoms with E-state index >= 15 is 0 Å². The van der Waals surface area contributed by atoms with Crippen molar-refractivity contribution >= 4 is 43.2 Å². The molecule has 0 aliphatic heterocycles. The number of aromatic nitrogens is 1. The molecule has 1 heterocycles. The van der Waals surface area contributed by atoms with Crippen LogP contribution in [-0.2, 0) is 10.0 Å².